The third kappa shape index (κ3) is 4.98. The molecule has 1 saturated heterocycles. The highest BCUT2D eigenvalue weighted by molar-refractivity contribution is 5.97. The monoisotopic (exact) mass is 411 g/mol. The molecule has 1 saturated carbocycles. The number of carbonyl (C=O) groups is 1. The minimum Gasteiger partial charge on any atom is -0.379 e. The zero-order valence-electron chi connectivity index (χ0n) is 17.2. The Bertz CT molecular complexity index is 883. The van der Waals surface area contributed by atoms with Crippen molar-refractivity contribution in [2.75, 3.05) is 41.7 Å². The first-order valence-electron chi connectivity index (χ1n) is 10.5. The summed E-state index contributed by atoms with van der Waals surface area (Å²) in [7, 11) is 0. The summed E-state index contributed by atoms with van der Waals surface area (Å²) in [6.45, 7) is 5.41. The Kier molecular flexibility index (Phi) is 6.01. The largest absolute Gasteiger partial charge is 0.379 e. The molecule has 160 valence electrons. The summed E-state index contributed by atoms with van der Waals surface area (Å²) in [5, 5.41) is 16.2. The molecule has 1 amide bonds. The van der Waals surface area contributed by atoms with Crippen LogP contribution >= 0.6 is 0 Å². The van der Waals surface area contributed by atoms with Crippen LogP contribution in [-0.2, 0) is 0 Å². The number of amides is 1. The van der Waals surface area contributed by atoms with Crippen LogP contribution in [0.3, 0.4) is 0 Å². The van der Waals surface area contributed by atoms with E-state index in [2.05, 4.69) is 42.5 Å². The highest BCUT2D eigenvalue weighted by Crippen LogP contribution is 2.27. The third-order valence-corrected chi connectivity index (χ3v) is 5.52. The molecule has 0 spiro atoms. The number of aromatic nitrogens is 2. The summed E-state index contributed by atoms with van der Waals surface area (Å²) in [6.07, 6.45) is 4.20. The number of hydrogen-bond donors (Lipinski definition) is 4. The summed E-state index contributed by atoms with van der Waals surface area (Å²) in [5.41, 5.74) is 7.75. The highest BCUT2D eigenvalue weighted by atomic mass is 16.3. The van der Waals surface area contributed by atoms with Crippen molar-refractivity contribution in [1.82, 2.24) is 14.9 Å². The standard InChI is InChI=1S/C21H29N7O2/c1-14(29)27-9-2-10-28(12-11-27)17-7-5-16(6-8-17)25-21-23-13-18(19(22)30)20(26-21)24-15-3-4-15/h5-8,13-15,29H,2-4,9-12H2,1H3,(H2,22,30)(H2,23,24,25,26). The maximum atomic E-state index is 11.6. The molecular formula is C21H29N7O2. The number of nitrogens with two attached hydrogens (primary N) is 1. The molecule has 0 bridgehead atoms. The van der Waals surface area contributed by atoms with E-state index in [0.717, 1.165) is 56.8 Å². The van der Waals surface area contributed by atoms with Gasteiger partial charge in [-0.3, -0.25) is 9.69 Å². The Balaban J connectivity index is 1.42. The lowest BCUT2D eigenvalue weighted by Gasteiger charge is -2.25. The zero-order chi connectivity index (χ0) is 21.1. The first kappa shape index (κ1) is 20.4. The highest BCUT2D eigenvalue weighted by Gasteiger charge is 2.24. The van der Waals surface area contributed by atoms with Gasteiger partial charge in [0.15, 0.2) is 0 Å². The van der Waals surface area contributed by atoms with Crippen molar-refractivity contribution in [3.63, 3.8) is 0 Å². The van der Waals surface area contributed by atoms with Gasteiger partial charge in [0.25, 0.3) is 5.91 Å². The van der Waals surface area contributed by atoms with Crippen LogP contribution < -0.4 is 21.3 Å². The molecular weight excluding hydrogens is 382 g/mol. The van der Waals surface area contributed by atoms with Crippen LogP contribution in [0, 0.1) is 0 Å². The van der Waals surface area contributed by atoms with Gasteiger partial charge in [-0.1, -0.05) is 0 Å². The number of primary amides is 1. The van der Waals surface area contributed by atoms with Gasteiger partial charge in [0.2, 0.25) is 5.95 Å². The van der Waals surface area contributed by atoms with E-state index in [1.54, 1.807) is 0 Å². The van der Waals surface area contributed by atoms with Crippen molar-refractivity contribution in [3.8, 4) is 0 Å². The second kappa shape index (κ2) is 8.85. The molecule has 1 aliphatic heterocycles. The maximum Gasteiger partial charge on any atom is 0.254 e. The molecule has 0 radical (unpaired) electrons. The maximum absolute atomic E-state index is 11.6. The van der Waals surface area contributed by atoms with Crippen molar-refractivity contribution >= 4 is 29.0 Å². The van der Waals surface area contributed by atoms with E-state index in [0.29, 0.717) is 23.4 Å². The van der Waals surface area contributed by atoms with Crippen LogP contribution in [0.15, 0.2) is 30.5 Å². The predicted octanol–water partition coefficient (Wildman–Crippen LogP) is 1.74. The molecule has 2 heterocycles. The van der Waals surface area contributed by atoms with Crippen molar-refractivity contribution < 1.29 is 9.90 Å². The fourth-order valence-corrected chi connectivity index (χ4v) is 3.61. The number of carbonyl (C=O) groups excluding carboxylic acids is 1. The smallest absolute Gasteiger partial charge is 0.254 e. The fraction of sp³-hybridized carbons (Fsp3) is 0.476. The molecule has 9 nitrogen and oxygen atoms in total. The minimum absolute atomic E-state index is 0.301. The first-order chi connectivity index (χ1) is 14.5. The molecule has 4 rings (SSSR count). The molecule has 1 aromatic heterocycles. The Morgan fingerprint density at radius 3 is 2.63 bits per heavy atom. The SMILES string of the molecule is CC(O)N1CCCN(c2ccc(Nc3ncc(C(N)=O)c(NC4CC4)n3)cc2)CC1. The summed E-state index contributed by atoms with van der Waals surface area (Å²) in [6, 6.07) is 8.48. The molecule has 1 atom stereocenters. The van der Waals surface area contributed by atoms with Gasteiger partial charge in [-0.25, -0.2) is 4.98 Å². The van der Waals surface area contributed by atoms with E-state index in [1.807, 2.05) is 19.1 Å². The average molecular weight is 412 g/mol. The van der Waals surface area contributed by atoms with Crippen molar-refractivity contribution in [3.05, 3.63) is 36.0 Å². The molecule has 1 aromatic carbocycles. The molecule has 2 aromatic rings. The van der Waals surface area contributed by atoms with Crippen LogP contribution in [-0.4, -0.2) is 64.3 Å². The van der Waals surface area contributed by atoms with Crippen LogP contribution in [0.2, 0.25) is 0 Å². The number of aliphatic hydroxyl groups excluding tert-OH is 1. The molecule has 2 aliphatic rings. The van der Waals surface area contributed by atoms with E-state index in [4.69, 9.17) is 5.73 Å². The fourth-order valence-electron chi connectivity index (χ4n) is 3.61. The van der Waals surface area contributed by atoms with Gasteiger partial charge in [0.05, 0.1) is 5.56 Å². The van der Waals surface area contributed by atoms with Gasteiger partial charge in [0, 0.05) is 49.8 Å². The lowest BCUT2D eigenvalue weighted by atomic mass is 10.2. The number of nitrogens with one attached hydrogen (secondary N) is 2. The number of nitrogens with zero attached hydrogens (tertiary/aromatic N) is 4. The van der Waals surface area contributed by atoms with Crippen molar-refractivity contribution in [2.24, 2.45) is 5.73 Å². The Hall–Kier alpha value is -2.91. The lowest BCUT2D eigenvalue weighted by molar-refractivity contribution is 0.0238. The van der Waals surface area contributed by atoms with Gasteiger partial charge in [0.1, 0.15) is 12.0 Å². The summed E-state index contributed by atoms with van der Waals surface area (Å²) >= 11 is 0. The molecule has 1 unspecified atom stereocenters. The van der Waals surface area contributed by atoms with Gasteiger partial charge in [-0.05, 0) is 50.5 Å². The van der Waals surface area contributed by atoms with E-state index in [9.17, 15) is 9.90 Å². The number of rotatable bonds is 7. The Morgan fingerprint density at radius 1 is 1.20 bits per heavy atom. The van der Waals surface area contributed by atoms with Crippen LogP contribution in [0.1, 0.15) is 36.5 Å². The topological polar surface area (TPSA) is 120 Å². The van der Waals surface area contributed by atoms with E-state index < -0.39 is 12.1 Å². The summed E-state index contributed by atoms with van der Waals surface area (Å²) in [5.74, 6) is 0.352. The third-order valence-electron chi connectivity index (χ3n) is 5.52. The second-order valence-corrected chi connectivity index (χ2v) is 7.92. The number of benzene rings is 1. The van der Waals surface area contributed by atoms with Gasteiger partial charge < -0.3 is 26.4 Å². The number of aliphatic hydroxyl groups is 1. The predicted molar refractivity (Wildman–Crippen MR) is 117 cm³/mol. The van der Waals surface area contributed by atoms with Crippen molar-refractivity contribution in [1.29, 1.82) is 0 Å². The van der Waals surface area contributed by atoms with E-state index in [1.165, 1.54) is 6.20 Å². The summed E-state index contributed by atoms with van der Waals surface area (Å²) < 4.78 is 0. The Labute approximate surface area is 176 Å². The van der Waals surface area contributed by atoms with Crippen LogP contribution in [0.4, 0.5) is 23.1 Å². The van der Waals surface area contributed by atoms with Crippen LogP contribution in [0.25, 0.3) is 0 Å². The molecule has 9 heteroatoms. The molecule has 2 fully saturated rings. The minimum atomic E-state index is -0.541. The molecule has 5 N–H and O–H groups in total. The quantitative estimate of drug-likeness (QED) is 0.544. The lowest BCUT2D eigenvalue weighted by Crippen LogP contribution is -2.36. The Morgan fingerprint density at radius 2 is 1.97 bits per heavy atom. The van der Waals surface area contributed by atoms with Gasteiger partial charge >= 0.3 is 0 Å². The molecule has 1 aliphatic carbocycles. The van der Waals surface area contributed by atoms with Crippen LogP contribution in [0.5, 0.6) is 0 Å². The van der Waals surface area contributed by atoms with E-state index in [-0.39, 0.29) is 0 Å². The number of hydrogen-bond acceptors (Lipinski definition) is 8. The normalized spacial score (nSPS) is 18.5. The van der Waals surface area contributed by atoms with Gasteiger partial charge in [-0.15, -0.1) is 0 Å². The van der Waals surface area contributed by atoms with Gasteiger partial charge in [-0.2, -0.15) is 4.98 Å². The van der Waals surface area contributed by atoms with Crippen molar-refractivity contribution in [2.45, 2.75) is 38.5 Å². The second-order valence-electron chi connectivity index (χ2n) is 7.92. The zero-order valence-corrected chi connectivity index (χ0v) is 17.2. The average Bonchev–Trinajstić information content (AvgIpc) is 3.55. The number of anilines is 4. The van der Waals surface area contributed by atoms with E-state index >= 15 is 0 Å². The molecule has 30 heavy (non-hydrogen) atoms. The summed E-state index contributed by atoms with van der Waals surface area (Å²) in [4.78, 5) is 24.7. The first-order valence-corrected chi connectivity index (χ1v) is 10.5.